The van der Waals surface area contributed by atoms with Crippen molar-refractivity contribution in [3.05, 3.63) is 41.2 Å². The zero-order valence-corrected chi connectivity index (χ0v) is 6.63. The third-order valence-electron chi connectivity index (χ3n) is 2.22. The number of fused-ring (bicyclic) bond motifs is 1. The molecule has 1 nitrogen and oxygen atoms in total. The predicted octanol–water partition coefficient (Wildman–Crippen LogP) is 1.89. The number of rotatable bonds is 1. The molecular weight excluding hydrogens is 153 g/mol. The molecule has 1 aromatic carbocycles. The third kappa shape index (κ3) is 0.959. The number of nitrogens with two attached hydrogens (primary N) is 1. The predicted molar refractivity (Wildman–Crippen MR) is 47.2 cm³/mol. The van der Waals surface area contributed by atoms with Crippen molar-refractivity contribution in [1.82, 2.24) is 0 Å². The van der Waals surface area contributed by atoms with E-state index in [1.807, 2.05) is 18.2 Å². The minimum Gasteiger partial charge on any atom is -0.330 e. The summed E-state index contributed by atoms with van der Waals surface area (Å²) < 4.78 is 13.2. The molecule has 12 heavy (non-hydrogen) atoms. The topological polar surface area (TPSA) is 26.0 Å². The highest BCUT2D eigenvalue weighted by Gasteiger charge is 2.18. The van der Waals surface area contributed by atoms with Crippen LogP contribution in [0.5, 0.6) is 0 Å². The van der Waals surface area contributed by atoms with Gasteiger partial charge in [0.15, 0.2) is 0 Å². The minimum atomic E-state index is -0.145. The second-order valence-electron chi connectivity index (χ2n) is 2.94. The lowest BCUT2D eigenvalue weighted by molar-refractivity contribution is 0.602. The van der Waals surface area contributed by atoms with Crippen LogP contribution in [0.2, 0.25) is 0 Å². The molecule has 0 aromatic heterocycles. The molecule has 2 rings (SSSR count). The summed E-state index contributed by atoms with van der Waals surface area (Å²) in [6, 6.07) is 5.11. The van der Waals surface area contributed by atoms with E-state index in [2.05, 4.69) is 0 Å². The lowest BCUT2D eigenvalue weighted by Gasteiger charge is -2.08. The Hall–Kier alpha value is -1.15. The summed E-state index contributed by atoms with van der Waals surface area (Å²) in [5.74, 6) is -0.0749. The highest BCUT2D eigenvalue weighted by atomic mass is 19.1. The van der Waals surface area contributed by atoms with Crippen molar-refractivity contribution in [2.75, 3.05) is 6.54 Å². The van der Waals surface area contributed by atoms with E-state index in [0.717, 1.165) is 11.1 Å². The molecule has 0 radical (unpaired) electrons. The Bertz CT molecular complexity index is 331. The SMILES string of the molecule is NCC1C=Cc2cccc(F)c21. The van der Waals surface area contributed by atoms with Gasteiger partial charge in [0.2, 0.25) is 0 Å². The van der Waals surface area contributed by atoms with Gasteiger partial charge in [-0.1, -0.05) is 24.3 Å². The van der Waals surface area contributed by atoms with Gasteiger partial charge in [-0.05, 0) is 11.6 Å². The summed E-state index contributed by atoms with van der Waals surface area (Å²) in [5.41, 5.74) is 7.21. The van der Waals surface area contributed by atoms with E-state index in [4.69, 9.17) is 5.73 Å². The molecule has 1 aromatic rings. The molecule has 0 saturated heterocycles. The Morgan fingerprint density at radius 1 is 1.42 bits per heavy atom. The Morgan fingerprint density at radius 3 is 3.00 bits per heavy atom. The van der Waals surface area contributed by atoms with Gasteiger partial charge in [-0.15, -0.1) is 0 Å². The first-order chi connectivity index (χ1) is 5.83. The van der Waals surface area contributed by atoms with Gasteiger partial charge in [-0.3, -0.25) is 0 Å². The number of benzene rings is 1. The van der Waals surface area contributed by atoms with E-state index in [1.54, 1.807) is 6.07 Å². The fourth-order valence-corrected chi connectivity index (χ4v) is 1.60. The molecule has 62 valence electrons. The van der Waals surface area contributed by atoms with Crippen LogP contribution in [0.1, 0.15) is 17.0 Å². The van der Waals surface area contributed by atoms with Crippen LogP contribution in [0, 0.1) is 5.82 Å². The number of halogens is 1. The monoisotopic (exact) mass is 163 g/mol. The lowest BCUT2D eigenvalue weighted by Crippen LogP contribution is -2.10. The molecule has 1 aliphatic carbocycles. The largest absolute Gasteiger partial charge is 0.330 e. The first-order valence-electron chi connectivity index (χ1n) is 3.99. The van der Waals surface area contributed by atoms with E-state index in [9.17, 15) is 4.39 Å². The van der Waals surface area contributed by atoms with Gasteiger partial charge in [0, 0.05) is 18.0 Å². The van der Waals surface area contributed by atoms with E-state index in [-0.39, 0.29) is 11.7 Å². The van der Waals surface area contributed by atoms with E-state index in [0.29, 0.717) is 6.54 Å². The fourth-order valence-electron chi connectivity index (χ4n) is 1.60. The second-order valence-corrected chi connectivity index (χ2v) is 2.94. The fraction of sp³-hybridized carbons (Fsp3) is 0.200. The molecule has 0 bridgehead atoms. The van der Waals surface area contributed by atoms with Crippen molar-refractivity contribution in [2.24, 2.45) is 5.73 Å². The van der Waals surface area contributed by atoms with Crippen LogP contribution in [0.4, 0.5) is 4.39 Å². The van der Waals surface area contributed by atoms with Crippen LogP contribution in [-0.2, 0) is 0 Å². The van der Waals surface area contributed by atoms with Crippen molar-refractivity contribution in [3.63, 3.8) is 0 Å². The molecule has 0 spiro atoms. The van der Waals surface area contributed by atoms with Crippen LogP contribution in [0.3, 0.4) is 0 Å². The van der Waals surface area contributed by atoms with Crippen molar-refractivity contribution >= 4 is 6.08 Å². The van der Waals surface area contributed by atoms with E-state index in [1.165, 1.54) is 6.07 Å². The lowest BCUT2D eigenvalue weighted by atomic mass is 10.0. The molecule has 1 atom stereocenters. The van der Waals surface area contributed by atoms with Gasteiger partial charge < -0.3 is 5.73 Å². The van der Waals surface area contributed by atoms with Crippen molar-refractivity contribution in [2.45, 2.75) is 5.92 Å². The van der Waals surface area contributed by atoms with Gasteiger partial charge >= 0.3 is 0 Å². The van der Waals surface area contributed by atoms with Crippen LogP contribution in [0.15, 0.2) is 24.3 Å². The Morgan fingerprint density at radius 2 is 2.25 bits per heavy atom. The zero-order valence-electron chi connectivity index (χ0n) is 6.63. The molecular formula is C10H10FN. The van der Waals surface area contributed by atoms with Gasteiger partial charge in [0.1, 0.15) is 5.82 Å². The highest BCUT2D eigenvalue weighted by Crippen LogP contribution is 2.30. The molecule has 2 N–H and O–H groups in total. The van der Waals surface area contributed by atoms with Gasteiger partial charge in [-0.25, -0.2) is 4.39 Å². The quantitative estimate of drug-likeness (QED) is 0.672. The normalized spacial score (nSPS) is 19.7. The van der Waals surface area contributed by atoms with Gasteiger partial charge in [-0.2, -0.15) is 0 Å². The maximum Gasteiger partial charge on any atom is 0.127 e. The Balaban J connectivity index is 2.54. The summed E-state index contributed by atoms with van der Waals surface area (Å²) in [4.78, 5) is 0. The molecule has 1 aliphatic rings. The molecule has 0 amide bonds. The average molecular weight is 163 g/mol. The first kappa shape index (κ1) is 7.50. The molecule has 2 heteroatoms. The van der Waals surface area contributed by atoms with Gasteiger partial charge in [0.25, 0.3) is 0 Å². The standard InChI is InChI=1S/C10H10FN/c11-9-3-1-2-7-4-5-8(6-12)10(7)9/h1-5,8H,6,12H2. The highest BCUT2D eigenvalue weighted by molar-refractivity contribution is 5.62. The van der Waals surface area contributed by atoms with Crippen LogP contribution in [-0.4, -0.2) is 6.54 Å². The van der Waals surface area contributed by atoms with Crippen molar-refractivity contribution in [1.29, 1.82) is 0 Å². The minimum absolute atomic E-state index is 0.0706. The summed E-state index contributed by atoms with van der Waals surface area (Å²) in [6.07, 6.45) is 3.88. The van der Waals surface area contributed by atoms with E-state index >= 15 is 0 Å². The molecule has 0 saturated carbocycles. The third-order valence-corrected chi connectivity index (χ3v) is 2.22. The van der Waals surface area contributed by atoms with Crippen LogP contribution < -0.4 is 5.73 Å². The summed E-state index contributed by atoms with van der Waals surface area (Å²) in [7, 11) is 0. The van der Waals surface area contributed by atoms with Crippen LogP contribution in [0.25, 0.3) is 6.08 Å². The smallest absolute Gasteiger partial charge is 0.127 e. The number of hydrogen-bond donors (Lipinski definition) is 1. The summed E-state index contributed by atoms with van der Waals surface area (Å²) in [5, 5.41) is 0. The number of hydrogen-bond acceptors (Lipinski definition) is 1. The molecule has 0 aliphatic heterocycles. The maximum atomic E-state index is 13.2. The Labute approximate surface area is 70.7 Å². The summed E-state index contributed by atoms with van der Waals surface area (Å²) >= 11 is 0. The average Bonchev–Trinajstić information content (AvgIpc) is 2.49. The van der Waals surface area contributed by atoms with Crippen LogP contribution >= 0.6 is 0 Å². The first-order valence-corrected chi connectivity index (χ1v) is 3.99. The Kier molecular flexibility index (Phi) is 1.70. The molecule has 0 heterocycles. The molecule has 1 unspecified atom stereocenters. The summed E-state index contributed by atoms with van der Waals surface area (Å²) in [6.45, 7) is 0.477. The zero-order chi connectivity index (χ0) is 8.55. The second kappa shape index (κ2) is 2.72. The van der Waals surface area contributed by atoms with Crippen molar-refractivity contribution in [3.8, 4) is 0 Å². The van der Waals surface area contributed by atoms with E-state index < -0.39 is 0 Å². The van der Waals surface area contributed by atoms with Gasteiger partial charge in [0.05, 0.1) is 0 Å². The van der Waals surface area contributed by atoms with Crippen molar-refractivity contribution < 1.29 is 4.39 Å². The molecule has 0 fully saturated rings. The maximum absolute atomic E-state index is 13.2.